The van der Waals surface area contributed by atoms with Crippen LogP contribution in [0.15, 0.2) is 6.20 Å². The maximum Gasteiger partial charge on any atom is 0.0738 e. The summed E-state index contributed by atoms with van der Waals surface area (Å²) in [6.45, 7) is 1.78. The second kappa shape index (κ2) is 4.72. The van der Waals surface area contributed by atoms with Crippen LogP contribution in [-0.4, -0.2) is 32.7 Å². The van der Waals surface area contributed by atoms with E-state index in [9.17, 15) is 5.11 Å². The molecular formula is C10H18N4O. The molecule has 2 atom stereocenters. The molecule has 1 aliphatic carbocycles. The summed E-state index contributed by atoms with van der Waals surface area (Å²) in [5.74, 6) is 0.626. The fourth-order valence-corrected chi connectivity index (χ4v) is 2.11. The minimum Gasteiger partial charge on any atom is -0.393 e. The normalized spacial score (nSPS) is 26.0. The summed E-state index contributed by atoms with van der Waals surface area (Å²) in [6, 6.07) is 0. The fourth-order valence-electron chi connectivity index (χ4n) is 2.11. The number of aliphatic hydroxyl groups excluding tert-OH is 1. The zero-order valence-electron chi connectivity index (χ0n) is 9.06. The second-order valence-corrected chi connectivity index (χ2v) is 4.31. The van der Waals surface area contributed by atoms with E-state index in [-0.39, 0.29) is 6.10 Å². The summed E-state index contributed by atoms with van der Waals surface area (Å²) in [5.41, 5.74) is 1.09. The maximum atomic E-state index is 9.38. The molecule has 84 valence electrons. The van der Waals surface area contributed by atoms with Gasteiger partial charge in [0.15, 0.2) is 0 Å². The van der Waals surface area contributed by atoms with Crippen molar-refractivity contribution >= 4 is 0 Å². The van der Waals surface area contributed by atoms with E-state index in [1.54, 1.807) is 10.9 Å². The van der Waals surface area contributed by atoms with Crippen LogP contribution in [0.4, 0.5) is 0 Å². The number of nitrogens with one attached hydrogen (secondary N) is 1. The number of aliphatic hydroxyl groups is 1. The third-order valence-corrected chi connectivity index (χ3v) is 3.06. The molecule has 2 rings (SSSR count). The molecule has 0 radical (unpaired) electrons. The number of rotatable bonds is 4. The van der Waals surface area contributed by atoms with Gasteiger partial charge in [-0.15, -0.1) is 5.10 Å². The SMILES string of the molecule is Cn1nncc1CNCC1CCC(O)C1. The summed E-state index contributed by atoms with van der Waals surface area (Å²) in [7, 11) is 1.89. The molecule has 0 amide bonds. The number of aromatic nitrogens is 3. The van der Waals surface area contributed by atoms with Crippen molar-refractivity contribution in [1.82, 2.24) is 20.3 Å². The van der Waals surface area contributed by atoms with Gasteiger partial charge in [-0.25, -0.2) is 0 Å². The topological polar surface area (TPSA) is 63.0 Å². The van der Waals surface area contributed by atoms with E-state index >= 15 is 0 Å². The zero-order valence-corrected chi connectivity index (χ0v) is 9.06. The quantitative estimate of drug-likeness (QED) is 0.738. The van der Waals surface area contributed by atoms with Crippen molar-refractivity contribution in [1.29, 1.82) is 0 Å². The third kappa shape index (κ3) is 2.76. The Morgan fingerprint density at radius 3 is 3.07 bits per heavy atom. The summed E-state index contributed by atoms with van der Waals surface area (Å²) in [4.78, 5) is 0. The molecule has 1 heterocycles. The van der Waals surface area contributed by atoms with Gasteiger partial charge >= 0.3 is 0 Å². The van der Waals surface area contributed by atoms with Gasteiger partial charge in [0.25, 0.3) is 0 Å². The zero-order chi connectivity index (χ0) is 10.7. The molecule has 1 saturated carbocycles. The lowest BCUT2D eigenvalue weighted by Crippen LogP contribution is -2.22. The Labute approximate surface area is 89.5 Å². The van der Waals surface area contributed by atoms with Crippen LogP contribution in [0.2, 0.25) is 0 Å². The average Bonchev–Trinajstić information content (AvgIpc) is 2.77. The molecular weight excluding hydrogens is 192 g/mol. The van der Waals surface area contributed by atoms with E-state index in [1.807, 2.05) is 7.05 Å². The molecule has 1 fully saturated rings. The standard InChI is InChI=1S/C10H18N4O/c1-14-9(7-12-13-14)6-11-5-8-2-3-10(15)4-8/h7-8,10-11,15H,2-6H2,1H3. The minimum absolute atomic E-state index is 0.0739. The Bertz CT molecular complexity index is 312. The Balaban J connectivity index is 1.69. The molecule has 1 aromatic rings. The Morgan fingerprint density at radius 1 is 1.60 bits per heavy atom. The molecule has 1 aliphatic rings. The van der Waals surface area contributed by atoms with Crippen LogP contribution in [0.25, 0.3) is 0 Å². The maximum absolute atomic E-state index is 9.38. The van der Waals surface area contributed by atoms with Gasteiger partial charge in [-0.1, -0.05) is 5.21 Å². The first-order valence-electron chi connectivity index (χ1n) is 5.48. The van der Waals surface area contributed by atoms with Crippen molar-refractivity contribution in [2.75, 3.05) is 6.54 Å². The van der Waals surface area contributed by atoms with Gasteiger partial charge in [-0.3, -0.25) is 4.68 Å². The van der Waals surface area contributed by atoms with Gasteiger partial charge in [0.1, 0.15) is 0 Å². The average molecular weight is 210 g/mol. The van der Waals surface area contributed by atoms with E-state index in [1.165, 1.54) is 0 Å². The molecule has 2 unspecified atom stereocenters. The Morgan fingerprint density at radius 2 is 2.47 bits per heavy atom. The lowest BCUT2D eigenvalue weighted by Gasteiger charge is -2.10. The molecule has 0 aromatic carbocycles. The van der Waals surface area contributed by atoms with Crippen LogP contribution in [-0.2, 0) is 13.6 Å². The lowest BCUT2D eigenvalue weighted by atomic mass is 10.1. The van der Waals surface area contributed by atoms with Gasteiger partial charge in [0.05, 0.1) is 18.0 Å². The van der Waals surface area contributed by atoms with Gasteiger partial charge < -0.3 is 10.4 Å². The molecule has 2 N–H and O–H groups in total. The minimum atomic E-state index is -0.0739. The first-order chi connectivity index (χ1) is 7.25. The second-order valence-electron chi connectivity index (χ2n) is 4.31. The molecule has 1 aromatic heterocycles. The lowest BCUT2D eigenvalue weighted by molar-refractivity contribution is 0.177. The molecule has 15 heavy (non-hydrogen) atoms. The van der Waals surface area contributed by atoms with Crippen LogP contribution < -0.4 is 5.32 Å². The molecule has 0 aliphatic heterocycles. The smallest absolute Gasteiger partial charge is 0.0738 e. The first kappa shape index (κ1) is 10.6. The van der Waals surface area contributed by atoms with Crippen molar-refractivity contribution in [3.8, 4) is 0 Å². The highest BCUT2D eigenvalue weighted by atomic mass is 16.3. The first-order valence-corrected chi connectivity index (χ1v) is 5.48. The summed E-state index contributed by atoms with van der Waals surface area (Å²) >= 11 is 0. The third-order valence-electron chi connectivity index (χ3n) is 3.06. The van der Waals surface area contributed by atoms with Crippen molar-refractivity contribution in [3.63, 3.8) is 0 Å². The summed E-state index contributed by atoms with van der Waals surface area (Å²) in [6.07, 6.45) is 4.74. The van der Waals surface area contributed by atoms with Crippen LogP contribution in [0, 0.1) is 5.92 Å². The number of hydrogen-bond acceptors (Lipinski definition) is 4. The van der Waals surface area contributed by atoms with Crippen LogP contribution in [0.1, 0.15) is 25.0 Å². The molecule has 5 heteroatoms. The van der Waals surface area contributed by atoms with Crippen molar-refractivity contribution in [2.45, 2.75) is 31.9 Å². The van der Waals surface area contributed by atoms with Crippen LogP contribution in [0.3, 0.4) is 0 Å². The van der Waals surface area contributed by atoms with Gasteiger partial charge in [0, 0.05) is 13.6 Å². The highest BCUT2D eigenvalue weighted by Gasteiger charge is 2.22. The van der Waals surface area contributed by atoms with E-state index in [0.717, 1.165) is 38.0 Å². The predicted molar refractivity (Wildman–Crippen MR) is 56.1 cm³/mol. The Kier molecular flexibility index (Phi) is 3.33. The van der Waals surface area contributed by atoms with E-state index < -0.39 is 0 Å². The van der Waals surface area contributed by atoms with Crippen molar-refractivity contribution < 1.29 is 5.11 Å². The van der Waals surface area contributed by atoms with Gasteiger partial charge in [-0.05, 0) is 31.7 Å². The van der Waals surface area contributed by atoms with E-state index in [0.29, 0.717) is 5.92 Å². The molecule has 5 nitrogen and oxygen atoms in total. The summed E-state index contributed by atoms with van der Waals surface area (Å²) in [5, 5.41) is 20.4. The molecule has 0 saturated heterocycles. The van der Waals surface area contributed by atoms with Gasteiger partial charge in [0.2, 0.25) is 0 Å². The predicted octanol–water partition coefficient (Wildman–Crippen LogP) is 0.0657. The van der Waals surface area contributed by atoms with Crippen molar-refractivity contribution in [3.05, 3.63) is 11.9 Å². The molecule has 0 bridgehead atoms. The number of hydrogen-bond donors (Lipinski definition) is 2. The van der Waals surface area contributed by atoms with Crippen LogP contribution >= 0.6 is 0 Å². The van der Waals surface area contributed by atoms with Crippen molar-refractivity contribution in [2.24, 2.45) is 13.0 Å². The molecule has 0 spiro atoms. The number of nitrogens with zero attached hydrogens (tertiary/aromatic N) is 3. The fraction of sp³-hybridized carbons (Fsp3) is 0.800. The summed E-state index contributed by atoms with van der Waals surface area (Å²) < 4.78 is 1.77. The van der Waals surface area contributed by atoms with Crippen LogP contribution in [0.5, 0.6) is 0 Å². The Hall–Kier alpha value is -0.940. The van der Waals surface area contributed by atoms with E-state index in [2.05, 4.69) is 15.6 Å². The van der Waals surface area contributed by atoms with E-state index in [4.69, 9.17) is 0 Å². The monoisotopic (exact) mass is 210 g/mol. The number of aryl methyl sites for hydroxylation is 1. The van der Waals surface area contributed by atoms with Gasteiger partial charge in [-0.2, -0.15) is 0 Å². The largest absolute Gasteiger partial charge is 0.393 e. The highest BCUT2D eigenvalue weighted by molar-refractivity contribution is 4.92. The highest BCUT2D eigenvalue weighted by Crippen LogP contribution is 2.24.